The molecule has 0 saturated carbocycles. The molecule has 26 heavy (non-hydrogen) atoms. The van der Waals surface area contributed by atoms with Crippen LogP contribution in [0.4, 0.5) is 11.4 Å². The van der Waals surface area contributed by atoms with Crippen LogP contribution in [-0.4, -0.2) is 26.8 Å². The van der Waals surface area contributed by atoms with Gasteiger partial charge in [0.25, 0.3) is 5.91 Å². The standard InChI is InChI=1S/C19H23N5O2/c1-4-19(26)23(12-17-13(3)21-24(5-2)22-17)15-9-10-16-14(11-15)7-6-8-18(25)20-16/h4,9-11H,1,5-8,12H2,2-3H3,(H,20,25). The van der Waals surface area contributed by atoms with Gasteiger partial charge in [0.15, 0.2) is 0 Å². The van der Waals surface area contributed by atoms with E-state index in [9.17, 15) is 9.59 Å². The highest BCUT2D eigenvalue weighted by molar-refractivity contribution is 6.01. The number of hydrogen-bond acceptors (Lipinski definition) is 4. The van der Waals surface area contributed by atoms with Crippen LogP contribution in [-0.2, 0) is 29.1 Å². The molecule has 3 rings (SSSR count). The number of fused-ring (bicyclic) bond motifs is 1. The molecule has 0 spiro atoms. The second kappa shape index (κ2) is 7.51. The van der Waals surface area contributed by atoms with Crippen LogP contribution in [0.2, 0.25) is 0 Å². The van der Waals surface area contributed by atoms with E-state index >= 15 is 0 Å². The van der Waals surface area contributed by atoms with Crippen molar-refractivity contribution in [3.63, 3.8) is 0 Å². The summed E-state index contributed by atoms with van der Waals surface area (Å²) in [6.07, 6.45) is 3.40. The Labute approximate surface area is 152 Å². The van der Waals surface area contributed by atoms with Gasteiger partial charge in [0.05, 0.1) is 18.8 Å². The van der Waals surface area contributed by atoms with Gasteiger partial charge in [-0.25, -0.2) is 0 Å². The maximum absolute atomic E-state index is 12.5. The van der Waals surface area contributed by atoms with Crippen LogP contribution in [0.15, 0.2) is 30.9 Å². The summed E-state index contributed by atoms with van der Waals surface area (Å²) in [5.41, 5.74) is 4.16. The zero-order valence-corrected chi connectivity index (χ0v) is 15.2. The molecule has 7 nitrogen and oxygen atoms in total. The summed E-state index contributed by atoms with van der Waals surface area (Å²) in [7, 11) is 0. The topological polar surface area (TPSA) is 80.1 Å². The molecule has 2 heterocycles. The third-order valence-corrected chi connectivity index (χ3v) is 4.48. The third-order valence-electron chi connectivity index (χ3n) is 4.48. The van der Waals surface area contributed by atoms with E-state index in [-0.39, 0.29) is 11.8 Å². The predicted octanol–water partition coefficient (Wildman–Crippen LogP) is 2.60. The number of anilines is 2. The van der Waals surface area contributed by atoms with Gasteiger partial charge in [-0.3, -0.25) is 9.59 Å². The van der Waals surface area contributed by atoms with E-state index in [0.717, 1.165) is 41.2 Å². The lowest BCUT2D eigenvalue weighted by Gasteiger charge is -2.22. The molecule has 7 heteroatoms. The Hall–Kier alpha value is -2.96. The highest BCUT2D eigenvalue weighted by Crippen LogP contribution is 2.28. The Morgan fingerprint density at radius 2 is 2.19 bits per heavy atom. The molecule has 1 aliphatic rings. The quantitative estimate of drug-likeness (QED) is 0.838. The molecule has 0 bridgehead atoms. The Morgan fingerprint density at radius 1 is 1.38 bits per heavy atom. The number of nitrogens with zero attached hydrogens (tertiary/aromatic N) is 4. The van der Waals surface area contributed by atoms with Crippen molar-refractivity contribution in [3.8, 4) is 0 Å². The van der Waals surface area contributed by atoms with Gasteiger partial charge in [0.1, 0.15) is 5.69 Å². The van der Waals surface area contributed by atoms with E-state index in [1.807, 2.05) is 32.0 Å². The summed E-state index contributed by atoms with van der Waals surface area (Å²) in [6.45, 7) is 8.47. The van der Waals surface area contributed by atoms with Gasteiger partial charge in [-0.05, 0) is 56.5 Å². The molecule has 1 aromatic carbocycles. The molecule has 0 atom stereocenters. The van der Waals surface area contributed by atoms with Crippen LogP contribution in [0.3, 0.4) is 0 Å². The maximum Gasteiger partial charge on any atom is 0.250 e. The van der Waals surface area contributed by atoms with Gasteiger partial charge in [-0.1, -0.05) is 6.58 Å². The second-order valence-electron chi connectivity index (χ2n) is 6.29. The van der Waals surface area contributed by atoms with E-state index in [0.29, 0.717) is 19.5 Å². The summed E-state index contributed by atoms with van der Waals surface area (Å²) in [5, 5.41) is 11.7. The van der Waals surface area contributed by atoms with E-state index in [1.54, 1.807) is 9.70 Å². The van der Waals surface area contributed by atoms with Gasteiger partial charge >= 0.3 is 0 Å². The largest absolute Gasteiger partial charge is 0.326 e. The van der Waals surface area contributed by atoms with Crippen LogP contribution in [0, 0.1) is 6.92 Å². The minimum absolute atomic E-state index is 0.0299. The molecule has 0 saturated heterocycles. The number of aryl methyl sites for hydroxylation is 3. The Morgan fingerprint density at radius 3 is 2.88 bits per heavy atom. The molecule has 1 aromatic heterocycles. The molecule has 2 amide bonds. The molecule has 0 radical (unpaired) electrons. The molecule has 136 valence electrons. The van der Waals surface area contributed by atoms with Crippen LogP contribution in [0.25, 0.3) is 0 Å². The minimum atomic E-state index is -0.201. The van der Waals surface area contributed by atoms with Gasteiger partial charge in [-0.15, -0.1) is 0 Å². The molecule has 1 N–H and O–H groups in total. The zero-order valence-electron chi connectivity index (χ0n) is 15.2. The van der Waals surface area contributed by atoms with Crippen LogP contribution in [0.5, 0.6) is 0 Å². The number of rotatable bonds is 5. The number of aromatic nitrogens is 3. The highest BCUT2D eigenvalue weighted by Gasteiger charge is 2.20. The number of carbonyl (C=O) groups is 2. The molecular weight excluding hydrogens is 330 g/mol. The van der Waals surface area contributed by atoms with Gasteiger partial charge in [0, 0.05) is 17.8 Å². The first-order chi connectivity index (χ1) is 12.5. The Bertz CT molecular complexity index is 856. The second-order valence-corrected chi connectivity index (χ2v) is 6.29. The number of benzene rings is 1. The molecule has 0 fully saturated rings. The fraction of sp³-hybridized carbons (Fsp3) is 0.368. The Balaban J connectivity index is 1.94. The summed E-state index contributed by atoms with van der Waals surface area (Å²) in [6, 6.07) is 5.65. The molecule has 2 aromatic rings. The number of amides is 2. The van der Waals surface area contributed by atoms with Crippen molar-refractivity contribution in [1.82, 2.24) is 15.0 Å². The first-order valence-electron chi connectivity index (χ1n) is 8.79. The van der Waals surface area contributed by atoms with E-state index in [2.05, 4.69) is 22.1 Å². The lowest BCUT2D eigenvalue weighted by Crippen LogP contribution is -2.29. The van der Waals surface area contributed by atoms with E-state index in [1.165, 1.54) is 6.08 Å². The zero-order chi connectivity index (χ0) is 18.7. The molecule has 0 aliphatic carbocycles. The fourth-order valence-corrected chi connectivity index (χ4v) is 3.04. The predicted molar refractivity (Wildman–Crippen MR) is 99.8 cm³/mol. The fourth-order valence-electron chi connectivity index (χ4n) is 3.04. The van der Waals surface area contributed by atoms with Crippen molar-refractivity contribution in [2.45, 2.75) is 46.2 Å². The van der Waals surface area contributed by atoms with Gasteiger partial charge in [-0.2, -0.15) is 15.0 Å². The highest BCUT2D eigenvalue weighted by atomic mass is 16.2. The summed E-state index contributed by atoms with van der Waals surface area (Å²) in [5.74, 6) is -0.171. The first kappa shape index (κ1) is 17.8. The van der Waals surface area contributed by atoms with Crippen LogP contribution < -0.4 is 10.2 Å². The first-order valence-corrected chi connectivity index (χ1v) is 8.79. The lowest BCUT2D eigenvalue weighted by molar-refractivity contribution is -0.116. The van der Waals surface area contributed by atoms with Crippen molar-refractivity contribution in [3.05, 3.63) is 47.8 Å². The SMILES string of the molecule is C=CC(=O)N(Cc1nn(CC)nc1C)c1ccc2c(c1)CCCC(=O)N2. The summed E-state index contributed by atoms with van der Waals surface area (Å²) >= 11 is 0. The van der Waals surface area contributed by atoms with E-state index < -0.39 is 0 Å². The Kier molecular flexibility index (Phi) is 5.16. The summed E-state index contributed by atoms with van der Waals surface area (Å²) < 4.78 is 0. The van der Waals surface area contributed by atoms with Crippen molar-refractivity contribution >= 4 is 23.2 Å². The summed E-state index contributed by atoms with van der Waals surface area (Å²) in [4.78, 5) is 27.5. The molecule has 0 unspecified atom stereocenters. The smallest absolute Gasteiger partial charge is 0.250 e. The monoisotopic (exact) mass is 353 g/mol. The van der Waals surface area contributed by atoms with Crippen LogP contribution >= 0.6 is 0 Å². The lowest BCUT2D eigenvalue weighted by atomic mass is 10.1. The van der Waals surface area contributed by atoms with Crippen molar-refractivity contribution in [1.29, 1.82) is 0 Å². The van der Waals surface area contributed by atoms with Crippen molar-refractivity contribution in [2.24, 2.45) is 0 Å². The number of nitrogens with one attached hydrogen (secondary N) is 1. The number of hydrogen-bond donors (Lipinski definition) is 1. The van der Waals surface area contributed by atoms with Crippen LogP contribution in [0.1, 0.15) is 36.7 Å². The van der Waals surface area contributed by atoms with Crippen molar-refractivity contribution in [2.75, 3.05) is 10.2 Å². The third kappa shape index (κ3) is 3.66. The normalized spacial score (nSPS) is 13.5. The molecular formula is C19H23N5O2. The molecule has 1 aliphatic heterocycles. The average molecular weight is 353 g/mol. The van der Waals surface area contributed by atoms with E-state index in [4.69, 9.17) is 0 Å². The minimum Gasteiger partial charge on any atom is -0.326 e. The van der Waals surface area contributed by atoms with Gasteiger partial charge < -0.3 is 10.2 Å². The average Bonchev–Trinajstić information content (AvgIpc) is 2.88. The number of carbonyl (C=O) groups excluding carboxylic acids is 2. The van der Waals surface area contributed by atoms with Crippen molar-refractivity contribution < 1.29 is 9.59 Å². The van der Waals surface area contributed by atoms with Gasteiger partial charge in [0.2, 0.25) is 5.91 Å². The maximum atomic E-state index is 12.5.